The molecule has 0 radical (unpaired) electrons. The first kappa shape index (κ1) is 16.5. The molecular weight excluding hydrogens is 353 g/mol. The van der Waals surface area contributed by atoms with Crippen LogP contribution in [0.4, 0.5) is 0 Å². The molecule has 0 fully saturated rings. The topological polar surface area (TPSA) is 57.7 Å². The van der Waals surface area contributed by atoms with E-state index >= 15 is 0 Å². The second-order valence-electron chi connectivity index (χ2n) is 5.23. The molecule has 0 saturated heterocycles. The van der Waals surface area contributed by atoms with Gasteiger partial charge in [-0.2, -0.15) is 0 Å². The van der Waals surface area contributed by atoms with Gasteiger partial charge in [-0.15, -0.1) is 0 Å². The summed E-state index contributed by atoms with van der Waals surface area (Å²) in [4.78, 5) is 18.6. The molecule has 0 amide bonds. The maximum atomic E-state index is 6.34. The molecule has 0 atom stereocenters. The predicted octanol–water partition coefficient (Wildman–Crippen LogP) is 3.98. The van der Waals surface area contributed by atoms with Crippen molar-refractivity contribution >= 4 is 46.1 Å². The average Bonchev–Trinajstić information content (AvgIpc) is 2.94. The molecule has 3 aromatic rings. The number of aromatic amines is 1. The molecule has 0 saturated carbocycles. The standard InChI is InChI=1S/C15H15Cl2N5S/c1-22(2)5-6-23-15-20-12(13-14(21-15)19-8-18-13)10-4-3-9(16)7-11(10)17/h3-4,7-8H,5-6H2,1-2H3,(H,18,19,20,21). The normalized spacial score (nSPS) is 11.5. The van der Waals surface area contributed by atoms with Crippen LogP contribution in [0.1, 0.15) is 0 Å². The lowest BCUT2D eigenvalue weighted by molar-refractivity contribution is 0.437. The number of thioether (sulfide) groups is 1. The molecular formula is C15H15Cl2N5S. The maximum Gasteiger partial charge on any atom is 0.190 e. The molecule has 0 bridgehead atoms. The van der Waals surface area contributed by atoms with E-state index in [1.54, 1.807) is 30.2 Å². The zero-order valence-electron chi connectivity index (χ0n) is 12.7. The lowest BCUT2D eigenvalue weighted by Crippen LogP contribution is -2.15. The molecule has 0 aliphatic heterocycles. The number of hydrogen-bond donors (Lipinski definition) is 1. The largest absolute Gasteiger partial charge is 0.341 e. The summed E-state index contributed by atoms with van der Waals surface area (Å²) >= 11 is 13.9. The van der Waals surface area contributed by atoms with E-state index in [0.29, 0.717) is 20.8 Å². The zero-order valence-corrected chi connectivity index (χ0v) is 15.0. The van der Waals surface area contributed by atoms with Crippen molar-refractivity contribution in [1.82, 2.24) is 24.8 Å². The molecule has 2 heterocycles. The second-order valence-corrected chi connectivity index (χ2v) is 7.14. The summed E-state index contributed by atoms with van der Waals surface area (Å²) in [6.45, 7) is 0.948. The van der Waals surface area contributed by atoms with Crippen molar-refractivity contribution in [1.29, 1.82) is 0 Å². The maximum absolute atomic E-state index is 6.34. The van der Waals surface area contributed by atoms with Crippen molar-refractivity contribution in [2.75, 3.05) is 26.4 Å². The van der Waals surface area contributed by atoms with Crippen molar-refractivity contribution < 1.29 is 0 Å². The zero-order chi connectivity index (χ0) is 16.4. The Balaban J connectivity index is 2.02. The lowest BCUT2D eigenvalue weighted by Gasteiger charge is -2.09. The lowest BCUT2D eigenvalue weighted by atomic mass is 10.1. The van der Waals surface area contributed by atoms with Gasteiger partial charge in [-0.25, -0.2) is 15.0 Å². The van der Waals surface area contributed by atoms with E-state index in [-0.39, 0.29) is 0 Å². The molecule has 0 aliphatic carbocycles. The van der Waals surface area contributed by atoms with E-state index in [4.69, 9.17) is 23.2 Å². The molecule has 120 valence electrons. The average molecular weight is 368 g/mol. The van der Waals surface area contributed by atoms with Gasteiger partial charge in [0.15, 0.2) is 10.8 Å². The summed E-state index contributed by atoms with van der Waals surface area (Å²) in [5, 5.41) is 1.83. The summed E-state index contributed by atoms with van der Waals surface area (Å²) in [6, 6.07) is 5.37. The summed E-state index contributed by atoms with van der Waals surface area (Å²) in [7, 11) is 4.08. The van der Waals surface area contributed by atoms with Crippen molar-refractivity contribution in [2.45, 2.75) is 5.16 Å². The highest BCUT2D eigenvalue weighted by Gasteiger charge is 2.15. The molecule has 0 aliphatic rings. The van der Waals surface area contributed by atoms with Crippen LogP contribution in [0.25, 0.3) is 22.4 Å². The Bertz CT molecular complexity index is 834. The van der Waals surface area contributed by atoms with Gasteiger partial charge in [0.1, 0.15) is 11.2 Å². The van der Waals surface area contributed by atoms with Crippen LogP contribution in [0.15, 0.2) is 29.7 Å². The number of H-pyrrole nitrogens is 1. The van der Waals surface area contributed by atoms with Crippen LogP contribution in [0, 0.1) is 0 Å². The van der Waals surface area contributed by atoms with Gasteiger partial charge in [0.2, 0.25) is 0 Å². The fourth-order valence-corrected chi connectivity index (χ4v) is 3.52. The van der Waals surface area contributed by atoms with Crippen LogP contribution in [0.5, 0.6) is 0 Å². The van der Waals surface area contributed by atoms with E-state index in [1.807, 2.05) is 20.2 Å². The third kappa shape index (κ3) is 3.77. The molecule has 1 N–H and O–H groups in total. The summed E-state index contributed by atoms with van der Waals surface area (Å²) < 4.78 is 0. The van der Waals surface area contributed by atoms with Gasteiger partial charge in [0, 0.05) is 22.9 Å². The minimum absolute atomic E-state index is 0.552. The van der Waals surface area contributed by atoms with Crippen molar-refractivity contribution in [3.05, 3.63) is 34.6 Å². The van der Waals surface area contributed by atoms with Gasteiger partial charge in [-0.05, 0) is 32.3 Å². The van der Waals surface area contributed by atoms with Crippen LogP contribution in [0.3, 0.4) is 0 Å². The highest BCUT2D eigenvalue weighted by molar-refractivity contribution is 7.99. The van der Waals surface area contributed by atoms with E-state index in [2.05, 4.69) is 24.8 Å². The number of aromatic nitrogens is 4. The molecule has 2 aromatic heterocycles. The van der Waals surface area contributed by atoms with Crippen molar-refractivity contribution in [3.63, 3.8) is 0 Å². The second kappa shape index (κ2) is 7.05. The molecule has 1 aromatic carbocycles. The minimum atomic E-state index is 0.552. The van der Waals surface area contributed by atoms with Gasteiger partial charge in [0.25, 0.3) is 0 Å². The molecule has 8 heteroatoms. The van der Waals surface area contributed by atoms with Crippen molar-refractivity contribution in [3.8, 4) is 11.3 Å². The fraction of sp³-hybridized carbons (Fsp3) is 0.267. The van der Waals surface area contributed by atoms with Gasteiger partial charge >= 0.3 is 0 Å². The number of benzene rings is 1. The van der Waals surface area contributed by atoms with E-state index in [9.17, 15) is 0 Å². The van der Waals surface area contributed by atoms with Crippen LogP contribution in [0.2, 0.25) is 10.0 Å². The summed E-state index contributed by atoms with van der Waals surface area (Å²) in [6.07, 6.45) is 1.61. The first-order valence-corrected chi connectivity index (χ1v) is 8.73. The Kier molecular flexibility index (Phi) is 5.06. The highest BCUT2D eigenvalue weighted by atomic mass is 35.5. The van der Waals surface area contributed by atoms with Gasteiger partial charge in [0.05, 0.1) is 11.3 Å². The Labute approximate surface area is 148 Å². The Hall–Kier alpha value is -1.34. The van der Waals surface area contributed by atoms with Gasteiger partial charge < -0.3 is 9.88 Å². The number of rotatable bonds is 5. The van der Waals surface area contributed by atoms with E-state index in [1.165, 1.54) is 0 Å². The minimum Gasteiger partial charge on any atom is -0.341 e. The number of nitrogens with zero attached hydrogens (tertiary/aromatic N) is 4. The van der Waals surface area contributed by atoms with Crippen molar-refractivity contribution in [2.24, 2.45) is 0 Å². The Morgan fingerprint density at radius 1 is 1.22 bits per heavy atom. The summed E-state index contributed by atoms with van der Waals surface area (Å²) in [5.74, 6) is 0.900. The number of hydrogen-bond acceptors (Lipinski definition) is 5. The smallest absolute Gasteiger partial charge is 0.190 e. The number of fused-ring (bicyclic) bond motifs is 1. The van der Waals surface area contributed by atoms with Crippen LogP contribution in [-0.4, -0.2) is 51.2 Å². The highest BCUT2D eigenvalue weighted by Crippen LogP contribution is 2.33. The first-order valence-electron chi connectivity index (χ1n) is 6.98. The molecule has 0 unspecified atom stereocenters. The third-order valence-electron chi connectivity index (χ3n) is 3.22. The van der Waals surface area contributed by atoms with E-state index in [0.717, 1.165) is 29.1 Å². The van der Waals surface area contributed by atoms with Gasteiger partial charge in [-0.1, -0.05) is 35.0 Å². The van der Waals surface area contributed by atoms with E-state index < -0.39 is 0 Å². The number of nitrogens with one attached hydrogen (secondary N) is 1. The van der Waals surface area contributed by atoms with Crippen LogP contribution >= 0.6 is 35.0 Å². The predicted molar refractivity (Wildman–Crippen MR) is 96.4 cm³/mol. The van der Waals surface area contributed by atoms with Crippen LogP contribution < -0.4 is 0 Å². The fourth-order valence-electron chi connectivity index (χ4n) is 2.07. The number of imidazole rings is 1. The molecule has 5 nitrogen and oxygen atoms in total. The number of halogens is 2. The monoisotopic (exact) mass is 367 g/mol. The summed E-state index contributed by atoms with van der Waals surface area (Å²) in [5.41, 5.74) is 2.95. The molecule has 0 spiro atoms. The van der Waals surface area contributed by atoms with Gasteiger partial charge in [-0.3, -0.25) is 0 Å². The Morgan fingerprint density at radius 2 is 2.04 bits per heavy atom. The molecule has 23 heavy (non-hydrogen) atoms. The Morgan fingerprint density at radius 3 is 2.78 bits per heavy atom. The quantitative estimate of drug-likeness (QED) is 0.545. The SMILES string of the molecule is CN(C)CCSc1nc(-c2ccc(Cl)cc2Cl)c2[nH]cnc2n1. The first-order chi connectivity index (χ1) is 11.0. The molecule has 3 rings (SSSR count). The third-order valence-corrected chi connectivity index (χ3v) is 4.60. The van der Waals surface area contributed by atoms with Crippen LogP contribution in [-0.2, 0) is 0 Å².